The summed E-state index contributed by atoms with van der Waals surface area (Å²) in [6.07, 6.45) is 2.63. The number of hydrogen-bond acceptors (Lipinski definition) is 3. The molecular formula is C23H27N3O3. The molecular weight excluding hydrogens is 366 g/mol. The molecule has 0 spiro atoms. The van der Waals surface area contributed by atoms with Crippen molar-refractivity contribution in [2.45, 2.75) is 18.9 Å². The van der Waals surface area contributed by atoms with E-state index in [9.17, 15) is 14.7 Å². The topological polar surface area (TPSA) is 81.7 Å². The lowest BCUT2D eigenvalue weighted by atomic mass is 9.87. The molecule has 0 bridgehead atoms. The Morgan fingerprint density at radius 1 is 1.10 bits per heavy atom. The highest BCUT2D eigenvalue weighted by Gasteiger charge is 2.28. The van der Waals surface area contributed by atoms with E-state index in [1.54, 1.807) is 35.2 Å². The molecule has 3 rings (SSSR count). The standard InChI is InChI=1S/C23H27N3O3/c1-2-14-24-22(28)19-8-10-20(11-9-19)25-23(29)26-15-12-18(13-16-26)21(27)17-6-4-3-5-7-17/h2-11,18,21,27H,1,12-16H2,(H,24,28)(H,25,29). The fourth-order valence-corrected chi connectivity index (χ4v) is 3.52. The van der Waals surface area contributed by atoms with Crippen LogP contribution in [0.15, 0.2) is 67.3 Å². The molecule has 152 valence electrons. The first-order valence-corrected chi connectivity index (χ1v) is 9.86. The van der Waals surface area contributed by atoms with Gasteiger partial charge in [0.25, 0.3) is 5.91 Å². The van der Waals surface area contributed by atoms with E-state index in [1.165, 1.54) is 0 Å². The zero-order valence-corrected chi connectivity index (χ0v) is 16.4. The van der Waals surface area contributed by atoms with Crippen LogP contribution in [-0.2, 0) is 0 Å². The smallest absolute Gasteiger partial charge is 0.321 e. The molecule has 1 heterocycles. The summed E-state index contributed by atoms with van der Waals surface area (Å²) in [5.74, 6) is -0.0309. The van der Waals surface area contributed by atoms with Gasteiger partial charge < -0.3 is 20.6 Å². The summed E-state index contributed by atoms with van der Waals surface area (Å²) in [6, 6.07) is 16.3. The van der Waals surface area contributed by atoms with Gasteiger partial charge in [-0.1, -0.05) is 36.4 Å². The molecule has 1 saturated heterocycles. The van der Waals surface area contributed by atoms with E-state index >= 15 is 0 Å². The van der Waals surface area contributed by atoms with Gasteiger partial charge in [0, 0.05) is 30.9 Å². The van der Waals surface area contributed by atoms with Gasteiger partial charge >= 0.3 is 6.03 Å². The number of carbonyl (C=O) groups is 2. The van der Waals surface area contributed by atoms with E-state index in [1.807, 2.05) is 30.3 Å². The second-order valence-electron chi connectivity index (χ2n) is 7.19. The summed E-state index contributed by atoms with van der Waals surface area (Å²) in [5.41, 5.74) is 2.09. The van der Waals surface area contributed by atoms with Crippen molar-refractivity contribution in [2.24, 2.45) is 5.92 Å². The number of nitrogens with zero attached hydrogens (tertiary/aromatic N) is 1. The number of carbonyl (C=O) groups excluding carboxylic acids is 2. The second kappa shape index (κ2) is 9.89. The van der Waals surface area contributed by atoms with Crippen molar-refractivity contribution in [2.75, 3.05) is 25.0 Å². The maximum atomic E-state index is 12.5. The molecule has 0 aromatic heterocycles. The molecule has 1 aliphatic rings. The van der Waals surface area contributed by atoms with Crippen LogP contribution in [0.3, 0.4) is 0 Å². The number of likely N-dealkylation sites (tertiary alicyclic amines) is 1. The normalized spacial score (nSPS) is 15.4. The Balaban J connectivity index is 1.49. The number of piperidine rings is 1. The lowest BCUT2D eigenvalue weighted by Gasteiger charge is -2.34. The molecule has 0 radical (unpaired) electrons. The SMILES string of the molecule is C=CCNC(=O)c1ccc(NC(=O)N2CCC(C(O)c3ccccc3)CC2)cc1. The predicted molar refractivity (Wildman–Crippen MR) is 114 cm³/mol. The molecule has 6 nitrogen and oxygen atoms in total. The van der Waals surface area contributed by atoms with Gasteiger partial charge in [-0.2, -0.15) is 0 Å². The number of hydrogen-bond donors (Lipinski definition) is 3. The molecule has 0 aliphatic carbocycles. The van der Waals surface area contributed by atoms with Crippen molar-refractivity contribution in [3.05, 3.63) is 78.4 Å². The molecule has 3 amide bonds. The van der Waals surface area contributed by atoms with Gasteiger partial charge in [-0.15, -0.1) is 6.58 Å². The molecule has 0 saturated carbocycles. The van der Waals surface area contributed by atoms with E-state index in [4.69, 9.17) is 0 Å². The zero-order chi connectivity index (χ0) is 20.6. The van der Waals surface area contributed by atoms with Crippen molar-refractivity contribution >= 4 is 17.6 Å². The molecule has 3 N–H and O–H groups in total. The maximum Gasteiger partial charge on any atom is 0.321 e. The molecule has 1 fully saturated rings. The number of anilines is 1. The average molecular weight is 393 g/mol. The first-order valence-electron chi connectivity index (χ1n) is 9.86. The third kappa shape index (κ3) is 5.45. The van der Waals surface area contributed by atoms with Crippen LogP contribution in [0.25, 0.3) is 0 Å². The summed E-state index contributed by atoms with van der Waals surface area (Å²) in [7, 11) is 0. The van der Waals surface area contributed by atoms with Crippen LogP contribution in [0.1, 0.15) is 34.9 Å². The van der Waals surface area contributed by atoms with Crippen LogP contribution in [0.2, 0.25) is 0 Å². The number of rotatable bonds is 6. The molecule has 29 heavy (non-hydrogen) atoms. The summed E-state index contributed by atoms with van der Waals surface area (Å²) in [5, 5.41) is 16.2. The molecule has 2 aromatic carbocycles. The van der Waals surface area contributed by atoms with E-state index in [0.29, 0.717) is 30.9 Å². The predicted octanol–water partition coefficient (Wildman–Crippen LogP) is 3.58. The number of benzene rings is 2. The van der Waals surface area contributed by atoms with E-state index in [-0.39, 0.29) is 17.9 Å². The van der Waals surface area contributed by atoms with Crippen molar-refractivity contribution in [3.63, 3.8) is 0 Å². The van der Waals surface area contributed by atoms with E-state index < -0.39 is 6.10 Å². The number of aliphatic hydroxyl groups excluding tert-OH is 1. The highest BCUT2D eigenvalue weighted by atomic mass is 16.3. The van der Waals surface area contributed by atoms with Gasteiger partial charge in [0.05, 0.1) is 6.10 Å². The van der Waals surface area contributed by atoms with Gasteiger partial charge in [-0.3, -0.25) is 4.79 Å². The van der Waals surface area contributed by atoms with Gasteiger partial charge in [-0.05, 0) is 48.6 Å². The highest BCUT2D eigenvalue weighted by molar-refractivity contribution is 5.95. The molecule has 1 atom stereocenters. The first kappa shape index (κ1) is 20.6. The fraction of sp³-hybridized carbons (Fsp3) is 0.304. The first-order chi connectivity index (χ1) is 14.1. The lowest BCUT2D eigenvalue weighted by Crippen LogP contribution is -2.42. The van der Waals surface area contributed by atoms with E-state index in [2.05, 4.69) is 17.2 Å². The Morgan fingerprint density at radius 2 is 1.76 bits per heavy atom. The quantitative estimate of drug-likeness (QED) is 0.656. The Hall–Kier alpha value is -3.12. The number of aliphatic hydroxyl groups is 1. The Labute approximate surface area is 171 Å². The monoisotopic (exact) mass is 393 g/mol. The lowest BCUT2D eigenvalue weighted by molar-refractivity contribution is 0.0683. The van der Waals surface area contributed by atoms with Crippen LogP contribution in [-0.4, -0.2) is 41.6 Å². The molecule has 1 aliphatic heterocycles. The van der Waals surface area contributed by atoms with Crippen LogP contribution in [0.5, 0.6) is 0 Å². The van der Waals surface area contributed by atoms with Crippen LogP contribution in [0.4, 0.5) is 10.5 Å². The van der Waals surface area contributed by atoms with Crippen LogP contribution in [0, 0.1) is 5.92 Å². The third-order valence-corrected chi connectivity index (χ3v) is 5.22. The van der Waals surface area contributed by atoms with Crippen LogP contribution < -0.4 is 10.6 Å². The highest BCUT2D eigenvalue weighted by Crippen LogP contribution is 2.30. The maximum absolute atomic E-state index is 12.5. The van der Waals surface area contributed by atoms with Gasteiger partial charge in [0.15, 0.2) is 0 Å². The number of nitrogens with one attached hydrogen (secondary N) is 2. The van der Waals surface area contributed by atoms with E-state index in [0.717, 1.165) is 18.4 Å². The average Bonchev–Trinajstić information content (AvgIpc) is 2.78. The number of amides is 3. The van der Waals surface area contributed by atoms with Crippen molar-refractivity contribution < 1.29 is 14.7 Å². The molecule has 6 heteroatoms. The Kier molecular flexibility index (Phi) is 7.03. The minimum absolute atomic E-state index is 0.148. The van der Waals surface area contributed by atoms with Crippen molar-refractivity contribution in [1.82, 2.24) is 10.2 Å². The van der Waals surface area contributed by atoms with Crippen molar-refractivity contribution in [1.29, 1.82) is 0 Å². The zero-order valence-electron chi connectivity index (χ0n) is 16.4. The largest absolute Gasteiger partial charge is 0.388 e. The molecule has 1 unspecified atom stereocenters. The number of urea groups is 1. The minimum Gasteiger partial charge on any atom is -0.388 e. The van der Waals surface area contributed by atoms with Crippen molar-refractivity contribution in [3.8, 4) is 0 Å². The third-order valence-electron chi connectivity index (χ3n) is 5.22. The summed E-state index contributed by atoms with van der Waals surface area (Å²) in [6.45, 7) is 5.17. The summed E-state index contributed by atoms with van der Waals surface area (Å²) < 4.78 is 0. The van der Waals surface area contributed by atoms with Gasteiger partial charge in [-0.25, -0.2) is 4.79 Å². The Bertz CT molecular complexity index is 828. The van der Waals surface area contributed by atoms with Gasteiger partial charge in [0.2, 0.25) is 0 Å². The fourth-order valence-electron chi connectivity index (χ4n) is 3.52. The second-order valence-corrected chi connectivity index (χ2v) is 7.19. The minimum atomic E-state index is -0.499. The van der Waals surface area contributed by atoms with Gasteiger partial charge in [0.1, 0.15) is 0 Å². The summed E-state index contributed by atoms with van der Waals surface area (Å²) >= 11 is 0. The summed E-state index contributed by atoms with van der Waals surface area (Å²) in [4.78, 5) is 26.2. The van der Waals surface area contributed by atoms with Crippen LogP contribution >= 0.6 is 0 Å². The molecule has 2 aromatic rings. The Morgan fingerprint density at radius 3 is 2.38 bits per heavy atom.